The number of unbranched alkanes of at least 4 members (excludes halogenated alkanes) is 3. The second-order valence-electron chi connectivity index (χ2n) is 5.84. The molecule has 21 heavy (non-hydrogen) atoms. The minimum Gasteiger partial charge on any atom is -0.293 e. The summed E-state index contributed by atoms with van der Waals surface area (Å²) in [5.74, 6) is 6.20. The fourth-order valence-electron chi connectivity index (χ4n) is 2.38. The second kappa shape index (κ2) is 10.2. The van der Waals surface area contributed by atoms with Gasteiger partial charge in [0.25, 0.3) is 0 Å². The van der Waals surface area contributed by atoms with Gasteiger partial charge in [0.05, 0.1) is 5.57 Å². The Morgan fingerprint density at radius 1 is 1.24 bits per heavy atom. The van der Waals surface area contributed by atoms with Crippen molar-refractivity contribution in [2.75, 3.05) is 0 Å². The summed E-state index contributed by atoms with van der Waals surface area (Å²) in [6, 6.07) is 0. The molecule has 1 rings (SSSR count). The van der Waals surface area contributed by atoms with Crippen molar-refractivity contribution in [3.63, 3.8) is 0 Å². The van der Waals surface area contributed by atoms with E-state index in [0.29, 0.717) is 6.42 Å². The summed E-state index contributed by atoms with van der Waals surface area (Å²) in [5, 5.41) is 0. The van der Waals surface area contributed by atoms with Crippen LogP contribution in [0.15, 0.2) is 34.9 Å². The van der Waals surface area contributed by atoms with Crippen LogP contribution in [0.25, 0.3) is 0 Å². The summed E-state index contributed by atoms with van der Waals surface area (Å²) in [6.07, 6.45) is 15.1. The Morgan fingerprint density at radius 3 is 2.71 bits per heavy atom. The first kappa shape index (κ1) is 17.5. The van der Waals surface area contributed by atoms with Gasteiger partial charge in [-0.1, -0.05) is 54.9 Å². The van der Waals surface area contributed by atoms with Crippen LogP contribution in [0.5, 0.6) is 0 Å². The fraction of sp³-hybridized carbons (Fsp3) is 0.550. The van der Waals surface area contributed by atoms with E-state index in [1.54, 1.807) is 0 Å². The lowest BCUT2D eigenvalue weighted by Crippen LogP contribution is -1.92. The number of carbonyl (C=O) groups is 1. The molecule has 0 atom stereocenters. The summed E-state index contributed by atoms with van der Waals surface area (Å²) in [6.45, 7) is 6.45. The predicted octanol–water partition coefficient (Wildman–Crippen LogP) is 5.53. The molecule has 0 saturated heterocycles. The van der Waals surface area contributed by atoms with Gasteiger partial charge in [0, 0.05) is 6.42 Å². The van der Waals surface area contributed by atoms with E-state index in [4.69, 9.17) is 0 Å². The minimum absolute atomic E-state index is 0.208. The topological polar surface area (TPSA) is 17.1 Å². The Labute approximate surface area is 130 Å². The first-order valence-electron chi connectivity index (χ1n) is 8.20. The van der Waals surface area contributed by atoms with Gasteiger partial charge in [-0.2, -0.15) is 0 Å². The van der Waals surface area contributed by atoms with Gasteiger partial charge in [-0.3, -0.25) is 4.79 Å². The standard InChI is InChI=1S/C20H28O/c1-4-5-6-9-12-17(2)13-10-7-8-11-14-19-18(3)15-16-20(19)21/h7-8,12H,4-6,9-10,13,15-16H2,1-3H3/b8-7+,17-12+. The lowest BCUT2D eigenvalue weighted by atomic mass is 10.1. The van der Waals surface area contributed by atoms with Gasteiger partial charge < -0.3 is 0 Å². The largest absolute Gasteiger partial charge is 0.293 e. The van der Waals surface area contributed by atoms with Crippen molar-refractivity contribution in [2.45, 2.75) is 72.1 Å². The highest BCUT2D eigenvalue weighted by Gasteiger charge is 2.17. The van der Waals surface area contributed by atoms with Crippen molar-refractivity contribution < 1.29 is 4.79 Å². The van der Waals surface area contributed by atoms with Gasteiger partial charge in [-0.15, -0.1) is 0 Å². The molecule has 0 aromatic rings. The smallest absolute Gasteiger partial charge is 0.171 e. The Morgan fingerprint density at radius 2 is 2.05 bits per heavy atom. The van der Waals surface area contributed by atoms with Crippen molar-refractivity contribution in [1.29, 1.82) is 0 Å². The number of hydrogen-bond donors (Lipinski definition) is 0. The molecule has 1 heteroatoms. The Balaban J connectivity index is 2.27. The van der Waals surface area contributed by atoms with E-state index in [9.17, 15) is 4.79 Å². The molecule has 0 aromatic heterocycles. The highest BCUT2D eigenvalue weighted by atomic mass is 16.1. The van der Waals surface area contributed by atoms with E-state index in [0.717, 1.165) is 30.4 Å². The Hall–Kier alpha value is -1.55. The molecule has 0 bridgehead atoms. The van der Waals surface area contributed by atoms with Crippen LogP contribution < -0.4 is 0 Å². The third-order valence-corrected chi connectivity index (χ3v) is 3.84. The maximum absolute atomic E-state index is 11.5. The molecule has 0 spiro atoms. The number of carbonyl (C=O) groups excluding carboxylic acids is 1. The highest BCUT2D eigenvalue weighted by Crippen LogP contribution is 2.21. The third-order valence-electron chi connectivity index (χ3n) is 3.84. The summed E-state index contributed by atoms with van der Waals surface area (Å²) in [4.78, 5) is 11.5. The Kier molecular flexibility index (Phi) is 8.51. The molecule has 114 valence electrons. The molecule has 0 saturated carbocycles. The van der Waals surface area contributed by atoms with Gasteiger partial charge in [0.15, 0.2) is 5.78 Å². The molecule has 0 aliphatic heterocycles. The van der Waals surface area contributed by atoms with Crippen LogP contribution in [-0.2, 0) is 4.79 Å². The van der Waals surface area contributed by atoms with Crippen LogP contribution in [0.2, 0.25) is 0 Å². The van der Waals surface area contributed by atoms with Crippen LogP contribution in [0.1, 0.15) is 72.1 Å². The molecule has 0 heterocycles. The summed E-state index contributed by atoms with van der Waals surface area (Å²) >= 11 is 0. The zero-order chi connectivity index (χ0) is 15.5. The summed E-state index contributed by atoms with van der Waals surface area (Å²) < 4.78 is 0. The normalized spacial score (nSPS) is 15.8. The number of rotatable bonds is 7. The molecule has 0 aromatic carbocycles. The van der Waals surface area contributed by atoms with E-state index >= 15 is 0 Å². The quantitative estimate of drug-likeness (QED) is 0.341. The molecular formula is C20H28O. The summed E-state index contributed by atoms with van der Waals surface area (Å²) in [7, 11) is 0. The lowest BCUT2D eigenvalue weighted by molar-refractivity contribution is -0.114. The highest BCUT2D eigenvalue weighted by molar-refractivity contribution is 6.02. The fourth-order valence-corrected chi connectivity index (χ4v) is 2.38. The third kappa shape index (κ3) is 7.14. The molecule has 1 aliphatic carbocycles. The van der Waals surface area contributed by atoms with Crippen molar-refractivity contribution >= 4 is 5.78 Å². The number of allylic oxidation sites excluding steroid dienone is 6. The molecule has 0 radical (unpaired) electrons. The van der Waals surface area contributed by atoms with Crippen molar-refractivity contribution in [3.05, 3.63) is 34.9 Å². The van der Waals surface area contributed by atoms with Gasteiger partial charge in [-0.05, 0) is 52.0 Å². The average molecular weight is 284 g/mol. The van der Waals surface area contributed by atoms with E-state index in [1.807, 2.05) is 13.0 Å². The SMILES string of the molecule is CCCCC/C=C(\C)CC/C=C/C#CC1=C(C)CCC1=O. The van der Waals surface area contributed by atoms with Crippen LogP contribution >= 0.6 is 0 Å². The van der Waals surface area contributed by atoms with Gasteiger partial charge in [0.2, 0.25) is 0 Å². The maximum atomic E-state index is 11.5. The minimum atomic E-state index is 0.208. The molecule has 0 amide bonds. The van der Waals surface area contributed by atoms with Crippen molar-refractivity contribution in [2.24, 2.45) is 0 Å². The van der Waals surface area contributed by atoms with Gasteiger partial charge >= 0.3 is 0 Å². The molecule has 0 fully saturated rings. The van der Waals surface area contributed by atoms with Crippen molar-refractivity contribution in [3.8, 4) is 11.8 Å². The average Bonchev–Trinajstić information content (AvgIpc) is 2.78. The van der Waals surface area contributed by atoms with Crippen LogP contribution in [0.3, 0.4) is 0 Å². The van der Waals surface area contributed by atoms with Crippen LogP contribution in [0.4, 0.5) is 0 Å². The molecule has 1 aliphatic rings. The predicted molar refractivity (Wildman–Crippen MR) is 91.0 cm³/mol. The Bertz CT molecular complexity index is 492. The molecule has 1 nitrogen and oxygen atoms in total. The van der Waals surface area contributed by atoms with Gasteiger partial charge in [0.1, 0.15) is 0 Å². The number of ketones is 1. The first-order chi connectivity index (χ1) is 10.1. The van der Waals surface area contributed by atoms with Crippen molar-refractivity contribution in [1.82, 2.24) is 0 Å². The van der Waals surface area contributed by atoms with E-state index in [1.165, 1.54) is 31.3 Å². The van der Waals surface area contributed by atoms with Crippen LogP contribution in [-0.4, -0.2) is 5.78 Å². The summed E-state index contributed by atoms with van der Waals surface area (Å²) in [5.41, 5.74) is 3.35. The monoisotopic (exact) mass is 284 g/mol. The van der Waals surface area contributed by atoms with E-state index in [-0.39, 0.29) is 5.78 Å². The molecular weight excluding hydrogens is 256 g/mol. The van der Waals surface area contributed by atoms with Gasteiger partial charge in [-0.25, -0.2) is 0 Å². The molecule has 0 N–H and O–H groups in total. The second-order valence-corrected chi connectivity index (χ2v) is 5.84. The zero-order valence-corrected chi connectivity index (χ0v) is 13.8. The zero-order valence-electron chi connectivity index (χ0n) is 13.8. The first-order valence-corrected chi connectivity index (χ1v) is 8.20. The van der Waals surface area contributed by atoms with Crippen LogP contribution in [0, 0.1) is 11.8 Å². The maximum Gasteiger partial charge on any atom is 0.171 e. The van der Waals surface area contributed by atoms with E-state index in [2.05, 4.69) is 37.8 Å². The van der Waals surface area contributed by atoms with E-state index < -0.39 is 0 Å². The lowest BCUT2D eigenvalue weighted by Gasteiger charge is -1.98. The number of Topliss-reactive ketones (excluding diaryl/α,β-unsaturated/α-hetero) is 1. The molecule has 0 unspecified atom stereocenters. The number of hydrogen-bond acceptors (Lipinski definition) is 1.